The quantitative estimate of drug-likeness (QED) is 0.897. The van der Waals surface area contributed by atoms with Gasteiger partial charge >= 0.3 is 0 Å². The van der Waals surface area contributed by atoms with E-state index < -0.39 is 0 Å². The fourth-order valence-corrected chi connectivity index (χ4v) is 2.41. The van der Waals surface area contributed by atoms with E-state index in [-0.39, 0.29) is 5.82 Å². The molecule has 0 radical (unpaired) electrons. The van der Waals surface area contributed by atoms with Crippen LogP contribution in [-0.2, 0) is 6.42 Å². The van der Waals surface area contributed by atoms with Crippen LogP contribution in [0.1, 0.15) is 18.1 Å². The van der Waals surface area contributed by atoms with Crippen molar-refractivity contribution in [3.63, 3.8) is 0 Å². The van der Waals surface area contributed by atoms with Crippen molar-refractivity contribution in [1.82, 2.24) is 0 Å². The van der Waals surface area contributed by atoms with E-state index >= 15 is 0 Å². The van der Waals surface area contributed by atoms with Gasteiger partial charge in [-0.3, -0.25) is 0 Å². The maximum atomic E-state index is 13.8. The maximum absolute atomic E-state index is 13.8. The molecule has 2 aromatic rings. The van der Waals surface area contributed by atoms with E-state index in [0.717, 1.165) is 23.5 Å². The lowest BCUT2D eigenvalue weighted by Gasteiger charge is -2.24. The summed E-state index contributed by atoms with van der Waals surface area (Å²) < 4.78 is 13.8. The van der Waals surface area contributed by atoms with Crippen LogP contribution in [0.5, 0.6) is 0 Å². The Labute approximate surface area is 120 Å². The highest BCUT2D eigenvalue weighted by Gasteiger charge is 2.10. The summed E-state index contributed by atoms with van der Waals surface area (Å²) in [6, 6.07) is 13.4. The fourth-order valence-electron chi connectivity index (χ4n) is 2.41. The van der Waals surface area contributed by atoms with Crippen LogP contribution in [-0.4, -0.2) is 13.1 Å². The van der Waals surface area contributed by atoms with Gasteiger partial charge in [-0.15, -0.1) is 0 Å². The number of rotatable bonds is 5. The van der Waals surface area contributed by atoms with E-state index in [1.165, 1.54) is 5.56 Å². The fraction of sp³-hybridized carbons (Fsp3) is 0.294. The molecule has 3 heteroatoms. The molecule has 0 spiro atoms. The highest BCUT2D eigenvalue weighted by Crippen LogP contribution is 2.27. The van der Waals surface area contributed by atoms with Crippen molar-refractivity contribution in [3.8, 4) is 0 Å². The number of nitrogens with zero attached hydrogens (tertiary/aromatic N) is 1. The van der Waals surface area contributed by atoms with Crippen molar-refractivity contribution in [2.75, 3.05) is 18.0 Å². The predicted octanol–water partition coefficient (Wildman–Crippen LogP) is 3.79. The van der Waals surface area contributed by atoms with Crippen LogP contribution in [0.25, 0.3) is 0 Å². The van der Waals surface area contributed by atoms with Gasteiger partial charge in [0.25, 0.3) is 0 Å². The standard InChI is InChI=1S/C17H21FN2/c1-3-20(16-6-4-5-13(2)9-16)17-11-14(7-8-19)10-15(18)12-17/h4-6,9-12H,3,7-8,19H2,1-2H3. The number of halogens is 1. The molecule has 0 aliphatic heterocycles. The average molecular weight is 272 g/mol. The lowest BCUT2D eigenvalue weighted by atomic mass is 10.1. The van der Waals surface area contributed by atoms with Gasteiger partial charge in [0.2, 0.25) is 0 Å². The first-order valence-electron chi connectivity index (χ1n) is 6.97. The summed E-state index contributed by atoms with van der Waals surface area (Å²) in [5.74, 6) is -0.211. The molecule has 2 aromatic carbocycles. The number of aryl methyl sites for hydroxylation is 1. The highest BCUT2D eigenvalue weighted by atomic mass is 19.1. The summed E-state index contributed by atoms with van der Waals surface area (Å²) in [5.41, 5.74) is 9.65. The van der Waals surface area contributed by atoms with Crippen molar-refractivity contribution in [3.05, 3.63) is 59.4 Å². The summed E-state index contributed by atoms with van der Waals surface area (Å²) in [7, 11) is 0. The second-order valence-corrected chi connectivity index (χ2v) is 4.94. The van der Waals surface area contributed by atoms with Gasteiger partial charge in [0.15, 0.2) is 0 Å². The molecule has 0 atom stereocenters. The average Bonchev–Trinajstić information content (AvgIpc) is 2.39. The first kappa shape index (κ1) is 14.5. The zero-order valence-corrected chi connectivity index (χ0v) is 12.1. The molecule has 0 saturated heterocycles. The number of nitrogens with two attached hydrogens (primary N) is 1. The number of hydrogen-bond donors (Lipinski definition) is 1. The van der Waals surface area contributed by atoms with Gasteiger partial charge in [0.1, 0.15) is 5.82 Å². The first-order chi connectivity index (χ1) is 9.63. The zero-order chi connectivity index (χ0) is 14.5. The molecule has 0 aliphatic rings. The summed E-state index contributed by atoms with van der Waals surface area (Å²) in [4.78, 5) is 2.11. The number of hydrogen-bond acceptors (Lipinski definition) is 2. The van der Waals surface area contributed by atoms with E-state index in [4.69, 9.17) is 5.73 Å². The second kappa shape index (κ2) is 6.53. The summed E-state index contributed by atoms with van der Waals surface area (Å²) in [6.45, 7) is 5.44. The van der Waals surface area contributed by atoms with E-state index in [1.807, 2.05) is 18.2 Å². The lowest BCUT2D eigenvalue weighted by Crippen LogP contribution is -2.17. The Kier molecular flexibility index (Phi) is 4.74. The van der Waals surface area contributed by atoms with Gasteiger partial charge in [-0.1, -0.05) is 12.1 Å². The largest absolute Gasteiger partial charge is 0.342 e. The van der Waals surface area contributed by atoms with E-state index in [0.29, 0.717) is 13.0 Å². The van der Waals surface area contributed by atoms with Crippen LogP contribution in [0.15, 0.2) is 42.5 Å². The second-order valence-electron chi connectivity index (χ2n) is 4.94. The molecule has 106 valence electrons. The van der Waals surface area contributed by atoms with Gasteiger partial charge in [0, 0.05) is 17.9 Å². The van der Waals surface area contributed by atoms with E-state index in [2.05, 4.69) is 30.9 Å². The molecule has 0 amide bonds. The van der Waals surface area contributed by atoms with Crippen molar-refractivity contribution in [1.29, 1.82) is 0 Å². The Morgan fingerprint density at radius 1 is 1.10 bits per heavy atom. The summed E-state index contributed by atoms with van der Waals surface area (Å²) in [5, 5.41) is 0. The minimum Gasteiger partial charge on any atom is -0.342 e. The number of anilines is 2. The summed E-state index contributed by atoms with van der Waals surface area (Å²) >= 11 is 0. The Morgan fingerprint density at radius 2 is 1.90 bits per heavy atom. The van der Waals surface area contributed by atoms with E-state index in [1.54, 1.807) is 12.1 Å². The maximum Gasteiger partial charge on any atom is 0.125 e. The van der Waals surface area contributed by atoms with E-state index in [9.17, 15) is 4.39 Å². The molecule has 0 saturated carbocycles. The highest BCUT2D eigenvalue weighted by molar-refractivity contribution is 5.64. The summed E-state index contributed by atoms with van der Waals surface area (Å²) in [6.07, 6.45) is 0.691. The van der Waals surface area contributed by atoms with Gasteiger partial charge in [-0.2, -0.15) is 0 Å². The number of benzene rings is 2. The van der Waals surface area contributed by atoms with Gasteiger partial charge < -0.3 is 10.6 Å². The van der Waals surface area contributed by atoms with Crippen LogP contribution >= 0.6 is 0 Å². The van der Waals surface area contributed by atoms with Crippen molar-refractivity contribution < 1.29 is 4.39 Å². The van der Waals surface area contributed by atoms with Crippen LogP contribution in [0.4, 0.5) is 15.8 Å². The molecule has 2 N–H and O–H groups in total. The van der Waals surface area contributed by atoms with Crippen LogP contribution in [0.3, 0.4) is 0 Å². The molecule has 0 aromatic heterocycles. The molecule has 0 aliphatic carbocycles. The smallest absolute Gasteiger partial charge is 0.125 e. The topological polar surface area (TPSA) is 29.3 Å². The van der Waals surface area contributed by atoms with Gasteiger partial charge in [-0.25, -0.2) is 4.39 Å². The predicted molar refractivity (Wildman–Crippen MR) is 83.0 cm³/mol. The minimum atomic E-state index is -0.211. The van der Waals surface area contributed by atoms with Gasteiger partial charge in [-0.05, 0) is 68.3 Å². The normalized spacial score (nSPS) is 10.6. The molecule has 0 fully saturated rings. The van der Waals surface area contributed by atoms with Crippen LogP contribution in [0, 0.1) is 12.7 Å². The van der Waals surface area contributed by atoms with Crippen LogP contribution in [0.2, 0.25) is 0 Å². The SMILES string of the molecule is CCN(c1cccc(C)c1)c1cc(F)cc(CCN)c1. The zero-order valence-electron chi connectivity index (χ0n) is 12.1. The Morgan fingerprint density at radius 3 is 2.55 bits per heavy atom. The molecule has 0 unspecified atom stereocenters. The van der Waals surface area contributed by atoms with Gasteiger partial charge in [0.05, 0.1) is 0 Å². The molecule has 0 heterocycles. The Balaban J connectivity index is 2.41. The Bertz CT molecular complexity index is 581. The van der Waals surface area contributed by atoms with Crippen molar-refractivity contribution >= 4 is 11.4 Å². The molecular weight excluding hydrogens is 251 g/mol. The Hall–Kier alpha value is -1.87. The lowest BCUT2D eigenvalue weighted by molar-refractivity contribution is 0.625. The molecule has 20 heavy (non-hydrogen) atoms. The van der Waals surface area contributed by atoms with Crippen molar-refractivity contribution in [2.45, 2.75) is 20.3 Å². The first-order valence-corrected chi connectivity index (χ1v) is 6.97. The molecule has 0 bridgehead atoms. The van der Waals surface area contributed by atoms with Crippen LogP contribution < -0.4 is 10.6 Å². The molecule has 2 rings (SSSR count). The van der Waals surface area contributed by atoms with Crippen molar-refractivity contribution in [2.24, 2.45) is 5.73 Å². The third-order valence-corrected chi connectivity index (χ3v) is 3.32. The molecular formula is C17H21FN2. The monoisotopic (exact) mass is 272 g/mol. The molecule has 2 nitrogen and oxygen atoms in total. The third kappa shape index (κ3) is 3.36. The third-order valence-electron chi connectivity index (χ3n) is 3.32. The minimum absolute atomic E-state index is 0.211.